The van der Waals surface area contributed by atoms with E-state index in [4.69, 9.17) is 0 Å². The first kappa shape index (κ1) is 11.1. The van der Waals surface area contributed by atoms with Gasteiger partial charge in [-0.15, -0.1) is 0 Å². The van der Waals surface area contributed by atoms with E-state index in [1.807, 2.05) is 7.05 Å². The lowest BCUT2D eigenvalue weighted by Gasteiger charge is -2.12. The van der Waals surface area contributed by atoms with E-state index in [0.29, 0.717) is 5.56 Å². The number of hydrogen-bond acceptors (Lipinski definition) is 2. The molecule has 1 aromatic rings. The average Bonchev–Trinajstić information content (AvgIpc) is 2.64. The van der Waals surface area contributed by atoms with Crippen LogP contribution in [0.25, 0.3) is 0 Å². The van der Waals surface area contributed by atoms with Crippen molar-refractivity contribution in [2.24, 2.45) is 0 Å². The first-order valence-electron chi connectivity index (χ1n) is 5.40. The Labute approximate surface area is 94.3 Å². The summed E-state index contributed by atoms with van der Waals surface area (Å²) in [6.45, 7) is 1.86. The van der Waals surface area contributed by atoms with E-state index in [1.54, 1.807) is 12.1 Å². The monoisotopic (exact) mass is 222 g/mol. The van der Waals surface area contributed by atoms with Crippen molar-refractivity contribution in [1.29, 1.82) is 0 Å². The summed E-state index contributed by atoms with van der Waals surface area (Å²) < 4.78 is 12.9. The Bertz CT molecular complexity index is 394. The van der Waals surface area contributed by atoms with E-state index >= 15 is 0 Å². The van der Waals surface area contributed by atoms with Gasteiger partial charge in [0, 0.05) is 18.2 Å². The molecule has 0 saturated carbocycles. The second-order valence-corrected chi connectivity index (χ2v) is 4.23. The first-order valence-corrected chi connectivity index (χ1v) is 5.40. The van der Waals surface area contributed by atoms with E-state index in [0.717, 1.165) is 19.5 Å². The van der Waals surface area contributed by atoms with Crippen molar-refractivity contribution in [2.75, 3.05) is 20.1 Å². The molecular formula is C12H15FN2O. The van der Waals surface area contributed by atoms with Crippen molar-refractivity contribution >= 4 is 5.91 Å². The molecule has 1 amide bonds. The van der Waals surface area contributed by atoms with Gasteiger partial charge < -0.3 is 10.2 Å². The number of nitrogens with one attached hydrogen (secondary N) is 1. The van der Waals surface area contributed by atoms with Crippen molar-refractivity contribution in [3.05, 3.63) is 35.6 Å². The van der Waals surface area contributed by atoms with Crippen LogP contribution >= 0.6 is 0 Å². The van der Waals surface area contributed by atoms with Crippen LogP contribution in [-0.4, -0.2) is 37.0 Å². The van der Waals surface area contributed by atoms with Gasteiger partial charge in [-0.2, -0.15) is 0 Å². The molecule has 1 unspecified atom stereocenters. The Hall–Kier alpha value is -1.42. The minimum absolute atomic E-state index is 0.181. The normalized spacial score (nSPS) is 21.0. The molecule has 1 atom stereocenters. The quantitative estimate of drug-likeness (QED) is 0.817. The fraction of sp³-hybridized carbons (Fsp3) is 0.417. The summed E-state index contributed by atoms with van der Waals surface area (Å²) >= 11 is 0. The predicted octanol–water partition coefficient (Wildman–Crippen LogP) is 1.26. The number of amides is 1. The third-order valence-electron chi connectivity index (χ3n) is 2.81. The maximum absolute atomic E-state index is 12.9. The van der Waals surface area contributed by atoms with Crippen LogP contribution in [0.4, 0.5) is 4.39 Å². The lowest BCUT2D eigenvalue weighted by Crippen LogP contribution is -2.36. The molecule has 0 aromatic heterocycles. The fourth-order valence-electron chi connectivity index (χ4n) is 1.95. The smallest absolute Gasteiger partial charge is 0.251 e. The Morgan fingerprint density at radius 1 is 1.56 bits per heavy atom. The Morgan fingerprint density at radius 2 is 2.38 bits per heavy atom. The summed E-state index contributed by atoms with van der Waals surface area (Å²) in [6.07, 6.45) is 0.956. The number of benzene rings is 1. The Morgan fingerprint density at radius 3 is 3.00 bits per heavy atom. The van der Waals surface area contributed by atoms with Crippen LogP contribution in [0.5, 0.6) is 0 Å². The van der Waals surface area contributed by atoms with Gasteiger partial charge in [-0.25, -0.2) is 4.39 Å². The van der Waals surface area contributed by atoms with Crippen molar-refractivity contribution in [2.45, 2.75) is 12.5 Å². The van der Waals surface area contributed by atoms with Gasteiger partial charge in [0.1, 0.15) is 5.82 Å². The number of rotatable bonds is 2. The molecule has 86 valence electrons. The van der Waals surface area contributed by atoms with Crippen LogP contribution < -0.4 is 5.32 Å². The van der Waals surface area contributed by atoms with Gasteiger partial charge in [-0.05, 0) is 38.2 Å². The van der Waals surface area contributed by atoms with Crippen LogP contribution in [0.3, 0.4) is 0 Å². The number of carbonyl (C=O) groups is 1. The zero-order valence-electron chi connectivity index (χ0n) is 9.24. The summed E-state index contributed by atoms with van der Waals surface area (Å²) in [5.41, 5.74) is 0.384. The zero-order chi connectivity index (χ0) is 11.5. The second kappa shape index (κ2) is 4.61. The average molecular weight is 222 g/mol. The summed E-state index contributed by atoms with van der Waals surface area (Å²) in [6, 6.07) is 5.94. The van der Waals surface area contributed by atoms with Crippen LogP contribution in [-0.2, 0) is 0 Å². The summed E-state index contributed by atoms with van der Waals surface area (Å²) in [7, 11) is 2.02. The first-order chi connectivity index (χ1) is 7.65. The molecule has 3 nitrogen and oxygen atoms in total. The highest BCUT2D eigenvalue weighted by molar-refractivity contribution is 5.94. The van der Waals surface area contributed by atoms with E-state index in [9.17, 15) is 9.18 Å². The standard InChI is InChI=1S/C12H15FN2O/c1-15-6-5-11(8-15)14-12(16)9-3-2-4-10(13)7-9/h2-4,7,11H,5-6,8H2,1H3,(H,14,16). The number of likely N-dealkylation sites (N-methyl/N-ethyl adjacent to an activating group) is 1. The highest BCUT2D eigenvalue weighted by Crippen LogP contribution is 2.08. The topological polar surface area (TPSA) is 32.3 Å². The van der Waals surface area contributed by atoms with E-state index < -0.39 is 0 Å². The molecule has 1 aliphatic heterocycles. The highest BCUT2D eigenvalue weighted by Gasteiger charge is 2.21. The molecule has 0 spiro atoms. The van der Waals surface area contributed by atoms with Crippen molar-refractivity contribution in [1.82, 2.24) is 10.2 Å². The van der Waals surface area contributed by atoms with Crippen molar-refractivity contribution in [3.8, 4) is 0 Å². The number of hydrogen-bond donors (Lipinski definition) is 1. The Kier molecular flexibility index (Phi) is 3.19. The molecule has 0 bridgehead atoms. The molecule has 1 aliphatic rings. The van der Waals surface area contributed by atoms with Gasteiger partial charge in [-0.3, -0.25) is 4.79 Å². The van der Waals surface area contributed by atoms with E-state index in [-0.39, 0.29) is 17.8 Å². The molecule has 0 aliphatic carbocycles. The summed E-state index contributed by atoms with van der Waals surface area (Å²) in [4.78, 5) is 13.9. The summed E-state index contributed by atoms with van der Waals surface area (Å²) in [5.74, 6) is -0.573. The fourth-order valence-corrected chi connectivity index (χ4v) is 1.95. The molecule has 4 heteroatoms. The van der Waals surface area contributed by atoms with E-state index in [1.165, 1.54) is 12.1 Å². The van der Waals surface area contributed by atoms with Crippen LogP contribution in [0, 0.1) is 5.82 Å². The number of likely N-dealkylation sites (tertiary alicyclic amines) is 1. The maximum atomic E-state index is 12.9. The maximum Gasteiger partial charge on any atom is 0.251 e. The molecule has 16 heavy (non-hydrogen) atoms. The molecule has 0 radical (unpaired) electrons. The van der Waals surface area contributed by atoms with Gasteiger partial charge in [0.2, 0.25) is 0 Å². The minimum Gasteiger partial charge on any atom is -0.348 e. The lowest BCUT2D eigenvalue weighted by molar-refractivity contribution is 0.0938. The van der Waals surface area contributed by atoms with Gasteiger partial charge in [0.15, 0.2) is 0 Å². The zero-order valence-corrected chi connectivity index (χ0v) is 9.24. The third kappa shape index (κ3) is 2.58. The second-order valence-electron chi connectivity index (χ2n) is 4.23. The molecule has 1 aromatic carbocycles. The number of carbonyl (C=O) groups excluding carboxylic acids is 1. The molecule has 1 fully saturated rings. The van der Waals surface area contributed by atoms with Crippen LogP contribution in [0.1, 0.15) is 16.8 Å². The molecular weight excluding hydrogens is 207 g/mol. The van der Waals surface area contributed by atoms with Crippen LogP contribution in [0.15, 0.2) is 24.3 Å². The highest BCUT2D eigenvalue weighted by atomic mass is 19.1. The molecule has 1 saturated heterocycles. The predicted molar refractivity (Wildman–Crippen MR) is 59.8 cm³/mol. The van der Waals surface area contributed by atoms with Gasteiger partial charge in [-0.1, -0.05) is 6.07 Å². The number of halogens is 1. The van der Waals surface area contributed by atoms with E-state index in [2.05, 4.69) is 10.2 Å². The van der Waals surface area contributed by atoms with Gasteiger partial charge in [0.25, 0.3) is 5.91 Å². The largest absolute Gasteiger partial charge is 0.348 e. The third-order valence-corrected chi connectivity index (χ3v) is 2.81. The molecule has 1 heterocycles. The lowest BCUT2D eigenvalue weighted by atomic mass is 10.2. The minimum atomic E-state index is -0.379. The number of nitrogens with zero attached hydrogens (tertiary/aromatic N) is 1. The summed E-state index contributed by atoms with van der Waals surface area (Å²) in [5, 5.41) is 2.91. The van der Waals surface area contributed by atoms with Crippen molar-refractivity contribution < 1.29 is 9.18 Å². The van der Waals surface area contributed by atoms with Gasteiger partial charge in [0.05, 0.1) is 0 Å². The molecule has 1 N–H and O–H groups in total. The van der Waals surface area contributed by atoms with Crippen molar-refractivity contribution in [3.63, 3.8) is 0 Å². The SMILES string of the molecule is CN1CCC(NC(=O)c2cccc(F)c2)C1. The molecule has 2 rings (SSSR count). The van der Waals surface area contributed by atoms with Crippen LogP contribution in [0.2, 0.25) is 0 Å². The van der Waals surface area contributed by atoms with Gasteiger partial charge >= 0.3 is 0 Å². The Balaban J connectivity index is 1.98.